The van der Waals surface area contributed by atoms with Crippen LogP contribution in [0.5, 0.6) is 0 Å². The molecule has 0 bridgehead atoms. The largest absolute Gasteiger partial charge is 0.384 e. The van der Waals surface area contributed by atoms with Gasteiger partial charge in [-0.25, -0.2) is 9.97 Å². The number of amides is 1. The summed E-state index contributed by atoms with van der Waals surface area (Å²) in [6.07, 6.45) is 2.73. The maximum atomic E-state index is 11.8. The molecule has 9 nitrogen and oxygen atoms in total. The Kier molecular flexibility index (Phi) is 3.58. The zero-order valence-electron chi connectivity index (χ0n) is 10.0. The molecule has 20 heavy (non-hydrogen) atoms. The lowest BCUT2D eigenvalue weighted by atomic mass is 10.3. The highest BCUT2D eigenvalue weighted by Crippen LogP contribution is 2.11. The van der Waals surface area contributed by atoms with Crippen molar-refractivity contribution in [1.82, 2.24) is 20.3 Å². The number of rotatable bonds is 3. The molecule has 5 N–H and O–H groups in total. The molecular weight excluding hydrogens is 262 g/mol. The van der Waals surface area contributed by atoms with Gasteiger partial charge in [0, 0.05) is 6.07 Å². The summed E-state index contributed by atoms with van der Waals surface area (Å²) >= 11 is 0. The van der Waals surface area contributed by atoms with E-state index in [0.29, 0.717) is 5.82 Å². The second-order valence-corrected chi connectivity index (χ2v) is 3.63. The normalized spacial score (nSPS) is 9.55. The minimum absolute atomic E-state index is 0.0238. The van der Waals surface area contributed by atoms with Gasteiger partial charge in [0.15, 0.2) is 6.19 Å². The number of nitrogens with one attached hydrogen (secondary N) is 3. The molecule has 0 aliphatic carbocycles. The number of aromatic amines is 1. The van der Waals surface area contributed by atoms with Gasteiger partial charge < -0.3 is 16.0 Å². The van der Waals surface area contributed by atoms with Gasteiger partial charge in [-0.1, -0.05) is 0 Å². The lowest BCUT2D eigenvalue weighted by Crippen LogP contribution is -2.23. The monoisotopic (exact) mass is 271 g/mol. The van der Waals surface area contributed by atoms with Gasteiger partial charge in [0.2, 0.25) is 0 Å². The highest BCUT2D eigenvalue weighted by atomic mass is 16.2. The van der Waals surface area contributed by atoms with Crippen molar-refractivity contribution in [1.29, 1.82) is 5.26 Å². The second-order valence-electron chi connectivity index (χ2n) is 3.63. The topological polar surface area (TPSA) is 150 Å². The highest BCUT2D eigenvalue weighted by molar-refractivity contribution is 5.93. The summed E-state index contributed by atoms with van der Waals surface area (Å²) in [6, 6.07) is 4.21. The number of hydrogen-bond acceptors (Lipinski definition) is 7. The number of anilines is 3. The Morgan fingerprint density at radius 2 is 2.20 bits per heavy atom. The SMILES string of the molecule is N#CNC(=O)c1ccc(Nc2cc(N)ncn2)c(=O)[nH]1. The Labute approximate surface area is 112 Å². The summed E-state index contributed by atoms with van der Waals surface area (Å²) in [5.41, 5.74) is 5.11. The molecule has 2 aromatic heterocycles. The molecule has 2 rings (SSSR count). The van der Waals surface area contributed by atoms with Crippen molar-refractivity contribution in [3.05, 3.63) is 40.6 Å². The lowest BCUT2D eigenvalue weighted by molar-refractivity contribution is 0.0968. The van der Waals surface area contributed by atoms with Crippen molar-refractivity contribution >= 4 is 23.2 Å². The number of aromatic nitrogens is 3. The van der Waals surface area contributed by atoms with Gasteiger partial charge in [0.05, 0.1) is 0 Å². The Balaban J connectivity index is 2.25. The Morgan fingerprint density at radius 1 is 1.40 bits per heavy atom. The fourth-order valence-corrected chi connectivity index (χ4v) is 1.40. The van der Waals surface area contributed by atoms with Crippen molar-refractivity contribution in [2.75, 3.05) is 11.1 Å². The summed E-state index contributed by atoms with van der Waals surface area (Å²) < 4.78 is 0. The van der Waals surface area contributed by atoms with Crippen LogP contribution >= 0.6 is 0 Å². The molecule has 0 unspecified atom stereocenters. The van der Waals surface area contributed by atoms with E-state index in [0.717, 1.165) is 0 Å². The third kappa shape index (κ3) is 2.88. The number of pyridine rings is 1. The first-order valence-electron chi connectivity index (χ1n) is 5.37. The first-order chi connectivity index (χ1) is 9.60. The number of nitrogens with zero attached hydrogens (tertiary/aromatic N) is 3. The predicted octanol–water partition coefficient (Wildman–Crippen LogP) is -0.298. The molecule has 2 aromatic rings. The van der Waals surface area contributed by atoms with E-state index < -0.39 is 11.5 Å². The molecule has 2 heterocycles. The number of carbonyl (C=O) groups excluding carboxylic acids is 1. The summed E-state index contributed by atoms with van der Waals surface area (Å²) in [4.78, 5) is 33.1. The van der Waals surface area contributed by atoms with Gasteiger partial charge in [-0.05, 0) is 12.1 Å². The molecule has 1 amide bonds. The van der Waals surface area contributed by atoms with Crippen LogP contribution in [0.3, 0.4) is 0 Å². The van der Waals surface area contributed by atoms with Crippen LogP contribution in [0.15, 0.2) is 29.3 Å². The third-order valence-electron chi connectivity index (χ3n) is 2.27. The van der Waals surface area contributed by atoms with Crippen LogP contribution in [0.1, 0.15) is 10.5 Å². The molecule has 0 fully saturated rings. The van der Waals surface area contributed by atoms with E-state index in [1.165, 1.54) is 30.7 Å². The van der Waals surface area contributed by atoms with E-state index in [-0.39, 0.29) is 17.2 Å². The van der Waals surface area contributed by atoms with Crippen LogP contribution in [0, 0.1) is 11.5 Å². The summed E-state index contributed by atoms with van der Waals surface area (Å²) in [6.45, 7) is 0. The average molecular weight is 271 g/mol. The van der Waals surface area contributed by atoms with Crippen LogP contribution in [0.25, 0.3) is 0 Å². The predicted molar refractivity (Wildman–Crippen MR) is 69.9 cm³/mol. The zero-order valence-corrected chi connectivity index (χ0v) is 10.0. The Bertz CT molecular complexity index is 747. The number of hydrogen-bond donors (Lipinski definition) is 4. The Hall–Kier alpha value is -3.41. The number of nitrogen functional groups attached to an aromatic ring is 1. The molecular formula is C11H9N7O2. The van der Waals surface area contributed by atoms with Gasteiger partial charge in [0.1, 0.15) is 29.3 Å². The van der Waals surface area contributed by atoms with E-state index in [9.17, 15) is 9.59 Å². The first-order valence-corrected chi connectivity index (χ1v) is 5.37. The van der Waals surface area contributed by atoms with Crippen molar-refractivity contribution in [2.24, 2.45) is 0 Å². The summed E-state index contributed by atoms with van der Waals surface area (Å²) in [7, 11) is 0. The molecule has 0 aliphatic rings. The van der Waals surface area contributed by atoms with Crippen LogP contribution in [-0.4, -0.2) is 20.9 Å². The molecule has 100 valence electrons. The minimum atomic E-state index is -0.692. The minimum Gasteiger partial charge on any atom is -0.384 e. The number of nitrogens with two attached hydrogens (primary N) is 1. The molecule has 0 aromatic carbocycles. The second kappa shape index (κ2) is 5.49. The van der Waals surface area contributed by atoms with Crippen molar-refractivity contribution in [3.63, 3.8) is 0 Å². The smallest absolute Gasteiger partial charge is 0.280 e. The number of H-pyrrole nitrogens is 1. The van der Waals surface area contributed by atoms with Gasteiger partial charge >= 0.3 is 0 Å². The van der Waals surface area contributed by atoms with Gasteiger partial charge in [0.25, 0.3) is 11.5 Å². The third-order valence-corrected chi connectivity index (χ3v) is 2.27. The fourth-order valence-electron chi connectivity index (χ4n) is 1.40. The van der Waals surface area contributed by atoms with Crippen molar-refractivity contribution < 1.29 is 4.79 Å². The lowest BCUT2D eigenvalue weighted by Gasteiger charge is -2.05. The number of carbonyl (C=O) groups is 1. The highest BCUT2D eigenvalue weighted by Gasteiger charge is 2.08. The number of nitriles is 1. The standard InChI is InChI=1S/C11H9N7O2/c12-4-14-10(19)6-1-2-7(11(20)18-6)17-9-3-8(13)15-5-16-9/h1-3,5H,(H,14,19)(H,18,20)(H3,13,15,16,17). The Morgan fingerprint density at radius 3 is 2.85 bits per heavy atom. The van der Waals surface area contributed by atoms with Crippen LogP contribution in [-0.2, 0) is 0 Å². The molecule has 0 radical (unpaired) electrons. The summed E-state index contributed by atoms with van der Waals surface area (Å²) in [5.74, 6) is -0.0939. The van der Waals surface area contributed by atoms with Gasteiger partial charge in [-0.3, -0.25) is 14.9 Å². The van der Waals surface area contributed by atoms with E-state index >= 15 is 0 Å². The molecule has 0 atom stereocenters. The average Bonchev–Trinajstić information content (AvgIpc) is 2.41. The van der Waals surface area contributed by atoms with Crippen molar-refractivity contribution in [2.45, 2.75) is 0 Å². The molecule has 0 saturated heterocycles. The van der Waals surface area contributed by atoms with E-state index in [1.54, 1.807) is 0 Å². The van der Waals surface area contributed by atoms with Crippen molar-refractivity contribution in [3.8, 4) is 6.19 Å². The quantitative estimate of drug-likeness (QED) is 0.442. The molecule has 9 heteroatoms. The molecule has 0 spiro atoms. The molecule has 0 saturated carbocycles. The zero-order chi connectivity index (χ0) is 14.5. The van der Waals surface area contributed by atoms with E-state index in [4.69, 9.17) is 11.0 Å². The maximum Gasteiger partial charge on any atom is 0.280 e. The maximum absolute atomic E-state index is 11.8. The van der Waals surface area contributed by atoms with E-state index in [1.807, 2.05) is 5.32 Å². The van der Waals surface area contributed by atoms with Crippen LogP contribution in [0.2, 0.25) is 0 Å². The van der Waals surface area contributed by atoms with E-state index in [2.05, 4.69) is 20.3 Å². The summed E-state index contributed by atoms with van der Waals surface area (Å²) in [5, 5.41) is 13.0. The van der Waals surface area contributed by atoms with Crippen LogP contribution in [0.4, 0.5) is 17.3 Å². The fraction of sp³-hybridized carbons (Fsp3) is 0. The first kappa shape index (κ1) is 13.0. The molecule has 0 aliphatic heterocycles. The van der Waals surface area contributed by atoms with Gasteiger partial charge in [-0.2, -0.15) is 5.26 Å². The van der Waals surface area contributed by atoms with Gasteiger partial charge in [-0.15, -0.1) is 0 Å². The van der Waals surface area contributed by atoms with Crippen LogP contribution < -0.4 is 21.9 Å².